The Balaban J connectivity index is 1.89. The average Bonchev–Trinajstić information content (AvgIpc) is 2.79. The molecule has 2 rings (SSSR count). The molecule has 1 heterocycles. The second-order valence-corrected chi connectivity index (χ2v) is 5.28. The first kappa shape index (κ1) is 15.6. The number of nitrogens with one attached hydrogen (secondary N) is 1. The zero-order chi connectivity index (χ0) is 15.1. The van der Waals surface area contributed by atoms with Crippen molar-refractivity contribution in [2.45, 2.75) is 40.3 Å². The van der Waals surface area contributed by atoms with E-state index >= 15 is 0 Å². The van der Waals surface area contributed by atoms with Crippen molar-refractivity contribution in [2.24, 2.45) is 0 Å². The van der Waals surface area contributed by atoms with Crippen LogP contribution in [0.1, 0.15) is 30.3 Å². The molecular formula is C17H25N3O. The van der Waals surface area contributed by atoms with Crippen molar-refractivity contribution in [2.75, 3.05) is 13.2 Å². The number of aryl methyl sites for hydroxylation is 2. The zero-order valence-corrected chi connectivity index (χ0v) is 13.2. The van der Waals surface area contributed by atoms with Gasteiger partial charge in [0, 0.05) is 17.8 Å². The quantitative estimate of drug-likeness (QED) is 0.758. The van der Waals surface area contributed by atoms with Crippen LogP contribution < -0.4 is 10.1 Å². The first-order chi connectivity index (χ1) is 10.2. The highest BCUT2D eigenvalue weighted by atomic mass is 16.5. The summed E-state index contributed by atoms with van der Waals surface area (Å²) in [6, 6.07) is 10.3. The Morgan fingerprint density at radius 1 is 1.24 bits per heavy atom. The number of aromatic nitrogens is 2. The maximum atomic E-state index is 5.94. The van der Waals surface area contributed by atoms with Crippen molar-refractivity contribution in [3.8, 4) is 5.75 Å². The Kier molecular flexibility index (Phi) is 5.81. The summed E-state index contributed by atoms with van der Waals surface area (Å²) < 4.78 is 7.93. The molecule has 4 heteroatoms. The summed E-state index contributed by atoms with van der Waals surface area (Å²) in [6.07, 6.45) is 1.14. The molecule has 21 heavy (non-hydrogen) atoms. The number of hydrogen-bond acceptors (Lipinski definition) is 3. The van der Waals surface area contributed by atoms with E-state index in [1.54, 1.807) is 0 Å². The Hall–Kier alpha value is -1.81. The van der Waals surface area contributed by atoms with Gasteiger partial charge in [0.2, 0.25) is 0 Å². The molecule has 0 bridgehead atoms. The molecule has 0 radical (unpaired) electrons. The minimum absolute atomic E-state index is 0.632. The monoisotopic (exact) mass is 287 g/mol. The molecule has 0 spiro atoms. The van der Waals surface area contributed by atoms with Crippen LogP contribution in [-0.2, 0) is 13.1 Å². The molecule has 114 valence electrons. The predicted molar refractivity (Wildman–Crippen MR) is 85.6 cm³/mol. The fourth-order valence-electron chi connectivity index (χ4n) is 2.33. The molecule has 0 unspecified atom stereocenters. The molecule has 2 aromatic rings. The lowest BCUT2D eigenvalue weighted by Gasteiger charge is -2.12. The first-order valence-corrected chi connectivity index (χ1v) is 7.63. The van der Waals surface area contributed by atoms with E-state index in [4.69, 9.17) is 4.74 Å². The number of para-hydroxylation sites is 1. The molecule has 0 aliphatic rings. The van der Waals surface area contributed by atoms with Gasteiger partial charge in [-0.25, -0.2) is 0 Å². The lowest BCUT2D eigenvalue weighted by molar-refractivity contribution is 0.286. The topological polar surface area (TPSA) is 39.1 Å². The molecule has 0 saturated heterocycles. The van der Waals surface area contributed by atoms with Gasteiger partial charge >= 0.3 is 0 Å². The van der Waals surface area contributed by atoms with E-state index in [-0.39, 0.29) is 0 Å². The Bertz CT molecular complexity index is 563. The molecule has 4 nitrogen and oxygen atoms in total. The fourth-order valence-corrected chi connectivity index (χ4v) is 2.33. The largest absolute Gasteiger partial charge is 0.491 e. The summed E-state index contributed by atoms with van der Waals surface area (Å²) in [5.41, 5.74) is 3.44. The molecule has 0 amide bonds. The van der Waals surface area contributed by atoms with Crippen LogP contribution in [0.3, 0.4) is 0 Å². The highest BCUT2D eigenvalue weighted by Gasteiger charge is 2.04. The summed E-state index contributed by atoms with van der Waals surface area (Å²) in [5, 5.41) is 7.86. The fraction of sp³-hybridized carbons (Fsp3) is 0.471. The number of ether oxygens (including phenoxy) is 1. The van der Waals surface area contributed by atoms with Gasteiger partial charge in [0.05, 0.1) is 12.2 Å². The summed E-state index contributed by atoms with van der Waals surface area (Å²) in [7, 11) is 0. The third-order valence-corrected chi connectivity index (χ3v) is 3.38. The van der Waals surface area contributed by atoms with E-state index < -0.39 is 0 Å². The van der Waals surface area contributed by atoms with E-state index in [0.717, 1.165) is 37.5 Å². The predicted octanol–water partition coefficient (Wildman–Crippen LogP) is 3.08. The van der Waals surface area contributed by atoms with Crippen LogP contribution in [0.4, 0.5) is 0 Å². The van der Waals surface area contributed by atoms with Gasteiger partial charge in [0.15, 0.2) is 0 Å². The second kappa shape index (κ2) is 7.84. The summed E-state index contributed by atoms with van der Waals surface area (Å²) in [4.78, 5) is 0. The lowest BCUT2D eigenvalue weighted by Crippen LogP contribution is -2.16. The van der Waals surface area contributed by atoms with Gasteiger partial charge in [-0.1, -0.05) is 25.1 Å². The molecule has 1 N–H and O–H groups in total. The van der Waals surface area contributed by atoms with Crippen LogP contribution in [-0.4, -0.2) is 22.9 Å². The molecular weight excluding hydrogens is 262 g/mol. The van der Waals surface area contributed by atoms with E-state index in [2.05, 4.69) is 42.5 Å². The van der Waals surface area contributed by atoms with Gasteiger partial charge in [-0.3, -0.25) is 4.68 Å². The maximum Gasteiger partial charge on any atom is 0.123 e. The smallest absolute Gasteiger partial charge is 0.123 e. The van der Waals surface area contributed by atoms with E-state index in [9.17, 15) is 0 Å². The van der Waals surface area contributed by atoms with Crippen LogP contribution in [0.5, 0.6) is 5.75 Å². The molecule has 1 aromatic heterocycles. The molecule has 0 fully saturated rings. The molecule has 1 aromatic carbocycles. The minimum Gasteiger partial charge on any atom is -0.491 e. The highest BCUT2D eigenvalue weighted by molar-refractivity contribution is 5.33. The van der Waals surface area contributed by atoms with Crippen LogP contribution in [0, 0.1) is 13.8 Å². The van der Waals surface area contributed by atoms with Crippen LogP contribution in [0.15, 0.2) is 30.3 Å². The van der Waals surface area contributed by atoms with Crippen molar-refractivity contribution in [3.05, 3.63) is 47.3 Å². The van der Waals surface area contributed by atoms with E-state index in [1.165, 1.54) is 11.3 Å². The standard InChI is InChI=1S/C17H25N3O/c1-4-9-18-13-16-7-5-6-8-17(16)21-11-10-20-15(3)12-14(2)19-20/h5-8,12,18H,4,9-11,13H2,1-3H3. The van der Waals surface area contributed by atoms with Gasteiger partial charge in [-0.15, -0.1) is 0 Å². The average molecular weight is 287 g/mol. The summed E-state index contributed by atoms with van der Waals surface area (Å²) >= 11 is 0. The Morgan fingerprint density at radius 3 is 2.76 bits per heavy atom. The van der Waals surface area contributed by atoms with Crippen LogP contribution >= 0.6 is 0 Å². The molecule has 0 atom stereocenters. The van der Waals surface area contributed by atoms with Gasteiger partial charge in [0.1, 0.15) is 12.4 Å². The number of benzene rings is 1. The molecule has 0 aliphatic carbocycles. The van der Waals surface area contributed by atoms with Gasteiger partial charge in [-0.2, -0.15) is 5.10 Å². The van der Waals surface area contributed by atoms with Crippen molar-refractivity contribution < 1.29 is 4.74 Å². The first-order valence-electron chi connectivity index (χ1n) is 7.63. The molecule has 0 aliphatic heterocycles. The normalized spacial score (nSPS) is 10.8. The number of hydrogen-bond donors (Lipinski definition) is 1. The molecule has 0 saturated carbocycles. The third-order valence-electron chi connectivity index (χ3n) is 3.38. The van der Waals surface area contributed by atoms with Gasteiger partial charge < -0.3 is 10.1 Å². The SMILES string of the molecule is CCCNCc1ccccc1OCCn1nc(C)cc1C. The van der Waals surface area contributed by atoms with E-state index in [1.807, 2.05) is 23.7 Å². The van der Waals surface area contributed by atoms with Crippen LogP contribution in [0.25, 0.3) is 0 Å². The second-order valence-electron chi connectivity index (χ2n) is 5.28. The van der Waals surface area contributed by atoms with Crippen molar-refractivity contribution in [1.29, 1.82) is 0 Å². The Morgan fingerprint density at radius 2 is 2.05 bits per heavy atom. The third kappa shape index (κ3) is 4.60. The van der Waals surface area contributed by atoms with Crippen LogP contribution in [0.2, 0.25) is 0 Å². The lowest BCUT2D eigenvalue weighted by atomic mass is 10.2. The zero-order valence-electron chi connectivity index (χ0n) is 13.2. The minimum atomic E-state index is 0.632. The van der Waals surface area contributed by atoms with Gasteiger partial charge in [-0.05, 0) is 38.9 Å². The summed E-state index contributed by atoms with van der Waals surface area (Å²) in [5.74, 6) is 0.961. The van der Waals surface area contributed by atoms with Crippen molar-refractivity contribution in [1.82, 2.24) is 15.1 Å². The number of nitrogens with zero attached hydrogens (tertiary/aromatic N) is 2. The summed E-state index contributed by atoms with van der Waals surface area (Å²) in [6.45, 7) is 9.54. The highest BCUT2D eigenvalue weighted by Crippen LogP contribution is 2.17. The Labute approximate surface area is 127 Å². The van der Waals surface area contributed by atoms with Gasteiger partial charge in [0.25, 0.3) is 0 Å². The van der Waals surface area contributed by atoms with E-state index in [0.29, 0.717) is 6.61 Å². The number of rotatable bonds is 8. The maximum absolute atomic E-state index is 5.94. The van der Waals surface area contributed by atoms with Crippen molar-refractivity contribution >= 4 is 0 Å². The van der Waals surface area contributed by atoms with Crippen molar-refractivity contribution in [3.63, 3.8) is 0 Å².